The van der Waals surface area contributed by atoms with Gasteiger partial charge in [-0.15, -0.1) is 0 Å². The van der Waals surface area contributed by atoms with Crippen molar-refractivity contribution >= 4 is 29.5 Å². The SMILES string of the molecule is Cc1cccc2c1n(-c1ccc(B3OC(C)(C)C(C)(C)O3)cc1)c(=O)n2CC(=O)N1CCC[C@H]1C(F)(F)F. The van der Waals surface area contributed by atoms with Gasteiger partial charge in [0, 0.05) is 6.54 Å². The third-order valence-corrected chi connectivity index (χ3v) is 8.07. The maximum Gasteiger partial charge on any atom is 0.494 e. The fourth-order valence-electron chi connectivity index (χ4n) is 5.26. The average molecular weight is 529 g/mol. The number of nitrogens with zero attached hydrogens (tertiary/aromatic N) is 3. The fourth-order valence-corrected chi connectivity index (χ4v) is 5.26. The maximum atomic E-state index is 13.7. The Hall–Kier alpha value is -3.05. The van der Waals surface area contributed by atoms with Crippen LogP contribution in [0.3, 0.4) is 0 Å². The minimum atomic E-state index is -4.50. The van der Waals surface area contributed by atoms with Crippen LogP contribution in [0, 0.1) is 6.92 Å². The second-order valence-electron chi connectivity index (χ2n) is 11.1. The van der Waals surface area contributed by atoms with Crippen LogP contribution in [0.2, 0.25) is 0 Å². The van der Waals surface area contributed by atoms with Crippen molar-refractivity contribution < 1.29 is 27.3 Å². The molecule has 0 unspecified atom stereocenters. The van der Waals surface area contributed by atoms with E-state index in [0.29, 0.717) is 16.7 Å². The van der Waals surface area contributed by atoms with Crippen molar-refractivity contribution in [2.75, 3.05) is 6.54 Å². The molecule has 38 heavy (non-hydrogen) atoms. The number of hydrogen-bond acceptors (Lipinski definition) is 4. The highest BCUT2D eigenvalue weighted by atomic mass is 19.4. The summed E-state index contributed by atoms with van der Waals surface area (Å²) in [5.41, 5.74) is 1.77. The molecule has 11 heteroatoms. The van der Waals surface area contributed by atoms with E-state index in [0.717, 1.165) is 15.9 Å². The van der Waals surface area contributed by atoms with Crippen molar-refractivity contribution in [1.29, 1.82) is 0 Å². The average Bonchev–Trinajstić information content (AvgIpc) is 3.49. The number of halogens is 3. The third-order valence-electron chi connectivity index (χ3n) is 8.07. The van der Waals surface area contributed by atoms with Gasteiger partial charge < -0.3 is 14.2 Å². The minimum Gasteiger partial charge on any atom is -0.399 e. The van der Waals surface area contributed by atoms with E-state index in [4.69, 9.17) is 9.31 Å². The summed E-state index contributed by atoms with van der Waals surface area (Å²) in [5, 5.41) is 0. The molecule has 0 N–H and O–H groups in total. The first kappa shape index (κ1) is 26.6. The summed E-state index contributed by atoms with van der Waals surface area (Å²) < 4.78 is 55.4. The summed E-state index contributed by atoms with van der Waals surface area (Å²) in [4.78, 5) is 27.5. The Balaban J connectivity index is 1.50. The van der Waals surface area contributed by atoms with Gasteiger partial charge in [-0.3, -0.25) is 13.9 Å². The first-order chi connectivity index (χ1) is 17.7. The van der Waals surface area contributed by atoms with Crippen molar-refractivity contribution in [2.45, 2.75) is 77.4 Å². The second-order valence-corrected chi connectivity index (χ2v) is 11.1. The monoisotopic (exact) mass is 529 g/mol. The Morgan fingerprint density at radius 2 is 1.68 bits per heavy atom. The summed E-state index contributed by atoms with van der Waals surface area (Å²) in [6.45, 7) is 9.29. The molecule has 1 amide bonds. The van der Waals surface area contributed by atoms with Crippen LogP contribution in [0.25, 0.3) is 16.7 Å². The van der Waals surface area contributed by atoms with Gasteiger partial charge in [-0.1, -0.05) is 24.3 Å². The van der Waals surface area contributed by atoms with Crippen molar-refractivity contribution in [1.82, 2.24) is 14.0 Å². The molecule has 5 rings (SSSR count). The number of likely N-dealkylation sites (tertiary alicyclic amines) is 1. The number of aromatic nitrogens is 2. The van der Waals surface area contributed by atoms with E-state index >= 15 is 0 Å². The number of carbonyl (C=O) groups is 1. The molecule has 2 saturated heterocycles. The quantitative estimate of drug-likeness (QED) is 0.481. The third kappa shape index (κ3) is 4.35. The van der Waals surface area contributed by atoms with Gasteiger partial charge in [0.15, 0.2) is 0 Å². The number of fused-ring (bicyclic) bond motifs is 1. The molecule has 0 saturated carbocycles. The molecule has 202 valence electrons. The number of amides is 1. The van der Waals surface area contributed by atoms with Gasteiger partial charge in [-0.25, -0.2) is 4.79 Å². The smallest absolute Gasteiger partial charge is 0.399 e. The van der Waals surface area contributed by atoms with Gasteiger partial charge in [0.2, 0.25) is 5.91 Å². The Morgan fingerprint density at radius 3 is 2.29 bits per heavy atom. The van der Waals surface area contributed by atoms with Crippen molar-refractivity contribution in [2.24, 2.45) is 0 Å². The van der Waals surface area contributed by atoms with E-state index in [-0.39, 0.29) is 19.4 Å². The highest BCUT2D eigenvalue weighted by molar-refractivity contribution is 6.62. The lowest BCUT2D eigenvalue weighted by Gasteiger charge is -2.32. The number of imidazole rings is 1. The summed E-state index contributed by atoms with van der Waals surface area (Å²) in [6, 6.07) is 10.7. The van der Waals surface area contributed by atoms with Crippen molar-refractivity contribution in [3.8, 4) is 5.69 Å². The van der Waals surface area contributed by atoms with Crippen LogP contribution in [-0.4, -0.2) is 57.0 Å². The van der Waals surface area contributed by atoms with Crippen molar-refractivity contribution in [3.63, 3.8) is 0 Å². The number of alkyl halides is 3. The van der Waals surface area contributed by atoms with E-state index in [2.05, 4.69) is 0 Å². The maximum absolute atomic E-state index is 13.7. The molecule has 0 bridgehead atoms. The molecular formula is C27H31BF3N3O4. The molecule has 0 spiro atoms. The van der Waals surface area contributed by atoms with Gasteiger partial charge in [0.25, 0.3) is 0 Å². The molecule has 1 aromatic heterocycles. The molecule has 7 nitrogen and oxygen atoms in total. The molecule has 2 aliphatic heterocycles. The lowest BCUT2D eigenvalue weighted by Crippen LogP contribution is -2.46. The number of para-hydroxylation sites is 1. The normalized spacial score (nSPS) is 21.0. The number of benzene rings is 2. The van der Waals surface area contributed by atoms with Crippen LogP contribution in [-0.2, 0) is 20.6 Å². The second kappa shape index (κ2) is 9.02. The number of aryl methyl sites for hydroxylation is 1. The highest BCUT2D eigenvalue weighted by Crippen LogP contribution is 2.36. The molecule has 1 atom stereocenters. The molecule has 2 aliphatic rings. The Labute approximate surface area is 219 Å². The van der Waals surface area contributed by atoms with Gasteiger partial charge in [0.05, 0.1) is 27.9 Å². The topological polar surface area (TPSA) is 65.7 Å². The lowest BCUT2D eigenvalue weighted by atomic mass is 9.79. The van der Waals surface area contributed by atoms with Crippen LogP contribution in [0.5, 0.6) is 0 Å². The first-order valence-corrected chi connectivity index (χ1v) is 12.7. The first-order valence-electron chi connectivity index (χ1n) is 12.7. The summed E-state index contributed by atoms with van der Waals surface area (Å²) in [5.74, 6) is -0.719. The van der Waals surface area contributed by atoms with Crippen molar-refractivity contribution in [3.05, 3.63) is 58.5 Å². The summed E-state index contributed by atoms with van der Waals surface area (Å²) in [7, 11) is -0.562. The van der Waals surface area contributed by atoms with Crippen LogP contribution >= 0.6 is 0 Å². The highest BCUT2D eigenvalue weighted by Gasteiger charge is 2.51. The van der Waals surface area contributed by atoms with E-state index in [1.54, 1.807) is 24.3 Å². The zero-order valence-corrected chi connectivity index (χ0v) is 22.1. The predicted octanol–water partition coefficient (Wildman–Crippen LogP) is 3.95. The van der Waals surface area contributed by atoms with Crippen LogP contribution in [0.4, 0.5) is 13.2 Å². The van der Waals surface area contributed by atoms with Gasteiger partial charge in [-0.2, -0.15) is 13.2 Å². The Kier molecular flexibility index (Phi) is 6.30. The number of hydrogen-bond donors (Lipinski definition) is 0. The molecule has 0 aliphatic carbocycles. The minimum absolute atomic E-state index is 0.0236. The van der Waals surface area contributed by atoms with E-state index < -0.39 is 48.7 Å². The number of rotatable bonds is 4. The van der Waals surface area contributed by atoms with Crippen LogP contribution < -0.4 is 11.2 Å². The lowest BCUT2D eigenvalue weighted by molar-refractivity contribution is -0.182. The van der Waals surface area contributed by atoms with E-state index in [1.807, 2.05) is 52.8 Å². The Morgan fingerprint density at radius 1 is 1.05 bits per heavy atom. The summed E-state index contributed by atoms with van der Waals surface area (Å²) in [6.07, 6.45) is -4.35. The molecule has 2 aromatic carbocycles. The largest absolute Gasteiger partial charge is 0.494 e. The van der Waals surface area contributed by atoms with E-state index in [9.17, 15) is 22.8 Å². The fraction of sp³-hybridized carbons (Fsp3) is 0.481. The van der Waals surface area contributed by atoms with Gasteiger partial charge in [-0.05, 0) is 76.7 Å². The molecule has 2 fully saturated rings. The zero-order valence-electron chi connectivity index (χ0n) is 22.1. The Bertz CT molecular complexity index is 1430. The molecule has 0 radical (unpaired) electrons. The van der Waals surface area contributed by atoms with Gasteiger partial charge in [0.1, 0.15) is 12.6 Å². The zero-order chi connectivity index (χ0) is 27.6. The number of carbonyl (C=O) groups excluding carboxylic acids is 1. The van der Waals surface area contributed by atoms with Gasteiger partial charge >= 0.3 is 19.0 Å². The molecular weight excluding hydrogens is 498 g/mol. The van der Waals surface area contributed by atoms with Crippen LogP contribution in [0.15, 0.2) is 47.3 Å². The molecule has 3 heterocycles. The van der Waals surface area contributed by atoms with E-state index in [1.165, 1.54) is 9.13 Å². The molecule has 3 aromatic rings. The standard InChI is InChI=1S/C27H31BF3N3O4/c1-17-8-6-9-20-23(17)34(19-13-11-18(12-14-19)28-37-25(2,3)26(4,5)38-28)24(36)33(20)16-22(35)32-15-7-10-21(32)27(29,30)31/h6,8-9,11-14,21H,7,10,15-16H2,1-5H3/t21-/m0/s1. The van der Waals surface area contributed by atoms with Crippen LogP contribution in [0.1, 0.15) is 46.1 Å². The predicted molar refractivity (Wildman–Crippen MR) is 139 cm³/mol. The summed E-state index contributed by atoms with van der Waals surface area (Å²) >= 11 is 0.